The molecule has 2 saturated heterocycles. The van der Waals surface area contributed by atoms with Gasteiger partial charge in [-0.2, -0.15) is 4.39 Å². The molecule has 2 saturated carbocycles. The van der Waals surface area contributed by atoms with Crippen molar-refractivity contribution in [2.24, 2.45) is 23.5 Å². The predicted molar refractivity (Wildman–Crippen MR) is 186 cm³/mol. The van der Waals surface area contributed by atoms with E-state index in [4.69, 9.17) is 20.4 Å². The molecule has 4 aromatic heterocycles. The molecule has 0 radical (unpaired) electrons. The Morgan fingerprint density at radius 1 is 0.900 bits per heavy atom. The lowest BCUT2D eigenvalue weighted by Gasteiger charge is -2.32. The van der Waals surface area contributed by atoms with E-state index in [1.165, 1.54) is 25.1 Å². The number of hydrogen-bond acceptors (Lipinski definition) is 7. The van der Waals surface area contributed by atoms with E-state index in [-0.39, 0.29) is 29.8 Å². The van der Waals surface area contributed by atoms with E-state index in [0.717, 1.165) is 60.3 Å². The van der Waals surface area contributed by atoms with Crippen molar-refractivity contribution in [3.8, 4) is 17.3 Å². The number of amides is 2. The second-order valence-electron chi connectivity index (χ2n) is 14.6. The number of likely N-dealkylation sites (tertiary alicyclic amines) is 2. The number of fused-ring (bicyclic) bond motifs is 4. The molecule has 11 nitrogen and oxygen atoms in total. The number of carbonyl (C=O) groups is 2. The fraction of sp³-hybridized carbons (Fsp3) is 0.447. The Morgan fingerprint density at radius 3 is 2.42 bits per heavy atom. The van der Waals surface area contributed by atoms with Gasteiger partial charge < -0.3 is 29.4 Å². The lowest BCUT2D eigenvalue weighted by atomic mass is 9.96. The molecule has 4 aliphatic rings. The van der Waals surface area contributed by atoms with Crippen molar-refractivity contribution in [1.82, 2.24) is 33.9 Å². The molecule has 2 aliphatic heterocycles. The molecule has 50 heavy (non-hydrogen) atoms. The summed E-state index contributed by atoms with van der Waals surface area (Å²) in [4.78, 5) is 44.6. The average molecular weight is 677 g/mol. The summed E-state index contributed by atoms with van der Waals surface area (Å²) in [6.07, 6.45) is 9.15. The third-order valence-electron chi connectivity index (χ3n) is 11.5. The smallest absolute Gasteiger partial charge is 0.254 e. The highest BCUT2D eigenvalue weighted by atomic mass is 19.1. The van der Waals surface area contributed by atoms with E-state index in [2.05, 4.69) is 26.3 Å². The number of ether oxygens (including phenoxy) is 1. The number of benzene rings is 1. The highest BCUT2D eigenvalue weighted by molar-refractivity contribution is 6.00. The lowest BCUT2D eigenvalue weighted by molar-refractivity contribution is 0.0680. The minimum absolute atomic E-state index is 0.0258. The van der Waals surface area contributed by atoms with Crippen LogP contribution in [0.5, 0.6) is 5.75 Å². The number of imidazole rings is 1. The van der Waals surface area contributed by atoms with E-state index in [1.54, 1.807) is 18.1 Å². The second-order valence-corrected chi connectivity index (χ2v) is 14.6. The van der Waals surface area contributed by atoms with Crippen molar-refractivity contribution in [2.75, 3.05) is 26.7 Å². The van der Waals surface area contributed by atoms with Gasteiger partial charge in [0.2, 0.25) is 5.95 Å². The minimum Gasteiger partial charge on any atom is -0.494 e. The van der Waals surface area contributed by atoms with Gasteiger partial charge >= 0.3 is 0 Å². The first-order valence-corrected chi connectivity index (χ1v) is 17.9. The number of rotatable bonds is 8. The Hall–Kier alpha value is -4.84. The van der Waals surface area contributed by atoms with Crippen molar-refractivity contribution >= 4 is 33.9 Å². The Kier molecular flexibility index (Phi) is 7.60. The summed E-state index contributed by atoms with van der Waals surface area (Å²) in [5.41, 5.74) is 10.8. The number of methoxy groups -OCH3 is 1. The minimum atomic E-state index is -0.658. The normalized spacial score (nSPS) is 22.3. The molecule has 2 aliphatic carbocycles. The topological polar surface area (TPSA) is 124 Å². The van der Waals surface area contributed by atoms with Crippen LogP contribution in [0.3, 0.4) is 0 Å². The van der Waals surface area contributed by atoms with Crippen molar-refractivity contribution < 1.29 is 18.7 Å². The van der Waals surface area contributed by atoms with Gasteiger partial charge in [-0.1, -0.05) is 0 Å². The van der Waals surface area contributed by atoms with E-state index in [9.17, 15) is 14.0 Å². The Balaban J connectivity index is 1.10. The highest BCUT2D eigenvalue weighted by Crippen LogP contribution is 2.41. The number of nitrogens with two attached hydrogens (primary N) is 1. The second kappa shape index (κ2) is 12.2. The molecule has 2 N–H and O–H groups in total. The third kappa shape index (κ3) is 5.31. The van der Waals surface area contributed by atoms with Gasteiger partial charge in [-0.15, -0.1) is 0 Å². The molecular formula is C38H41FN8O3. The summed E-state index contributed by atoms with van der Waals surface area (Å²) >= 11 is 0. The van der Waals surface area contributed by atoms with Crippen LogP contribution in [-0.4, -0.2) is 84.5 Å². The SMILES string of the molecule is COc1cc(C(=O)N2C[C@H]3CC[C@@H]2[C@@H]3N)cc2nc(-c3cc4cccnc4n3CC3CC3)n(CC3CCN(C(=O)c4ccnc(F)c4)CC3)c12. The largest absolute Gasteiger partial charge is 0.494 e. The standard InChI is InChI=1S/C38H41FN8O3/c1-50-31-17-27(38(49)46-21-26-6-7-29(46)33(26)40)15-28-34(31)47(20-23-9-13-44(14-10-23)37(48)25-8-12-41-32(39)18-25)36(43-28)30-16-24-3-2-11-42-35(24)45(30)19-22-4-5-22/h2-3,8,11-12,15-18,22-23,26,29,33H,4-7,9-10,13-14,19-21,40H2,1H3/t26-,29-,33-/m1/s1. The molecule has 258 valence electrons. The summed E-state index contributed by atoms with van der Waals surface area (Å²) in [7, 11) is 1.65. The fourth-order valence-electron chi connectivity index (χ4n) is 8.64. The van der Waals surface area contributed by atoms with Gasteiger partial charge in [0.15, 0.2) is 5.82 Å². The van der Waals surface area contributed by atoms with Gasteiger partial charge in [0, 0.05) is 79.8 Å². The molecular weight excluding hydrogens is 635 g/mol. The first kappa shape index (κ1) is 31.2. The van der Waals surface area contributed by atoms with E-state index in [1.807, 2.05) is 29.3 Å². The number of piperidine rings is 2. The van der Waals surface area contributed by atoms with Crippen LogP contribution in [-0.2, 0) is 13.1 Å². The van der Waals surface area contributed by atoms with Crippen LogP contribution >= 0.6 is 0 Å². The third-order valence-corrected chi connectivity index (χ3v) is 11.5. The molecule has 12 heteroatoms. The van der Waals surface area contributed by atoms with Gasteiger partial charge in [-0.3, -0.25) is 9.59 Å². The Bertz CT molecular complexity index is 2130. The maximum absolute atomic E-state index is 14.0. The van der Waals surface area contributed by atoms with Crippen LogP contribution in [0, 0.1) is 23.7 Å². The summed E-state index contributed by atoms with van der Waals surface area (Å²) in [6, 6.07) is 12.9. The molecule has 9 rings (SSSR count). The van der Waals surface area contributed by atoms with E-state index >= 15 is 0 Å². The fourth-order valence-corrected chi connectivity index (χ4v) is 8.64. The summed E-state index contributed by atoms with van der Waals surface area (Å²) in [5.74, 6) is 1.77. The zero-order valence-electron chi connectivity index (χ0n) is 28.2. The Morgan fingerprint density at radius 2 is 1.70 bits per heavy atom. The van der Waals surface area contributed by atoms with Crippen LogP contribution in [0.15, 0.2) is 54.9 Å². The van der Waals surface area contributed by atoms with Gasteiger partial charge in [-0.25, -0.2) is 15.0 Å². The van der Waals surface area contributed by atoms with Crippen LogP contribution in [0.25, 0.3) is 33.6 Å². The van der Waals surface area contributed by atoms with Crippen LogP contribution in [0.1, 0.15) is 59.2 Å². The van der Waals surface area contributed by atoms with Gasteiger partial charge in [-0.05, 0) is 92.7 Å². The molecule has 2 amide bonds. The zero-order chi connectivity index (χ0) is 34.1. The van der Waals surface area contributed by atoms with E-state index < -0.39 is 5.95 Å². The number of hydrogen-bond donors (Lipinski definition) is 1. The van der Waals surface area contributed by atoms with E-state index in [0.29, 0.717) is 60.4 Å². The zero-order valence-corrected chi connectivity index (χ0v) is 28.2. The van der Waals surface area contributed by atoms with Crippen molar-refractivity contribution in [1.29, 1.82) is 0 Å². The first-order chi connectivity index (χ1) is 24.4. The average Bonchev–Trinajstić information content (AvgIpc) is 3.50. The van der Waals surface area contributed by atoms with Gasteiger partial charge in [0.05, 0.1) is 18.3 Å². The van der Waals surface area contributed by atoms with Gasteiger partial charge in [0.1, 0.15) is 16.9 Å². The molecule has 2 bridgehead atoms. The van der Waals surface area contributed by atoms with Crippen LogP contribution < -0.4 is 10.5 Å². The number of nitrogens with zero attached hydrogens (tertiary/aromatic N) is 7. The molecule has 5 aromatic rings. The summed E-state index contributed by atoms with van der Waals surface area (Å²) in [5, 5.41) is 1.06. The number of aromatic nitrogens is 5. The van der Waals surface area contributed by atoms with Crippen molar-refractivity contribution in [3.63, 3.8) is 0 Å². The molecule has 0 spiro atoms. The molecule has 3 atom stereocenters. The predicted octanol–water partition coefficient (Wildman–Crippen LogP) is 5.12. The number of halogens is 1. The summed E-state index contributed by atoms with van der Waals surface area (Å²) in [6.45, 7) is 3.35. The highest BCUT2D eigenvalue weighted by Gasteiger charge is 2.47. The maximum atomic E-state index is 14.0. The van der Waals surface area contributed by atoms with Crippen molar-refractivity contribution in [3.05, 3.63) is 71.9 Å². The Labute approximate surface area is 289 Å². The number of carbonyl (C=O) groups excluding carboxylic acids is 2. The lowest BCUT2D eigenvalue weighted by Crippen LogP contribution is -2.41. The number of pyridine rings is 2. The molecule has 4 fully saturated rings. The maximum Gasteiger partial charge on any atom is 0.254 e. The van der Waals surface area contributed by atoms with Crippen LogP contribution in [0.4, 0.5) is 4.39 Å². The summed E-state index contributed by atoms with van der Waals surface area (Å²) < 4.78 is 24.4. The van der Waals surface area contributed by atoms with Crippen molar-refractivity contribution in [2.45, 2.75) is 63.7 Å². The van der Waals surface area contributed by atoms with Gasteiger partial charge in [0.25, 0.3) is 11.8 Å². The molecule has 6 heterocycles. The molecule has 0 unspecified atom stereocenters. The monoisotopic (exact) mass is 676 g/mol. The van der Waals surface area contributed by atoms with Crippen LogP contribution in [0.2, 0.25) is 0 Å². The first-order valence-electron chi connectivity index (χ1n) is 17.9. The quantitative estimate of drug-likeness (QED) is 0.226. The molecule has 1 aromatic carbocycles.